The molecule has 0 N–H and O–H groups in total. The fourth-order valence-corrected chi connectivity index (χ4v) is 5.42. The Morgan fingerprint density at radius 3 is 2.78 bits per heavy atom. The van der Waals surface area contributed by atoms with Crippen LogP contribution in [0, 0.1) is 12.3 Å². The maximum atomic E-state index is 4.47. The Bertz CT molecular complexity index is 670. The lowest BCUT2D eigenvalue weighted by Crippen LogP contribution is -2.33. The fraction of sp³-hybridized carbons (Fsp3) is 0.706. The fourth-order valence-electron chi connectivity index (χ4n) is 4.60. The number of likely N-dealkylation sites (tertiary alicyclic amines) is 1. The van der Waals surface area contributed by atoms with E-state index in [0.29, 0.717) is 11.3 Å². The van der Waals surface area contributed by atoms with Gasteiger partial charge in [-0.2, -0.15) is 0 Å². The third-order valence-corrected chi connectivity index (χ3v) is 6.76. The van der Waals surface area contributed by atoms with E-state index < -0.39 is 0 Å². The van der Waals surface area contributed by atoms with Crippen LogP contribution >= 0.6 is 11.3 Å². The summed E-state index contributed by atoms with van der Waals surface area (Å²) in [6.07, 6.45) is 8.64. The summed E-state index contributed by atoms with van der Waals surface area (Å²) < 4.78 is 2.13. The van der Waals surface area contributed by atoms with Crippen LogP contribution in [0.3, 0.4) is 0 Å². The lowest BCUT2D eigenvalue weighted by Gasteiger charge is -2.37. The number of aromatic nitrogens is 4. The van der Waals surface area contributed by atoms with Crippen molar-refractivity contribution in [2.45, 2.75) is 51.5 Å². The first kappa shape index (κ1) is 15.3. The van der Waals surface area contributed by atoms with Crippen LogP contribution in [0.2, 0.25) is 0 Å². The number of hydrogen-bond donors (Lipinski definition) is 0. The topological polar surface area (TPSA) is 46.8 Å². The first-order valence-electron chi connectivity index (χ1n) is 8.63. The number of hydrogen-bond acceptors (Lipinski definition) is 5. The molecule has 2 aliphatic rings. The zero-order chi connectivity index (χ0) is 15.9. The Morgan fingerprint density at radius 2 is 2.13 bits per heavy atom. The predicted octanol–water partition coefficient (Wildman–Crippen LogP) is 3.13. The molecule has 4 rings (SSSR count). The largest absolute Gasteiger partial charge is 0.320 e. The summed E-state index contributed by atoms with van der Waals surface area (Å²) in [5, 5.41) is 8.62. The molecule has 5 nitrogen and oxygen atoms in total. The van der Waals surface area contributed by atoms with Crippen molar-refractivity contribution in [2.75, 3.05) is 13.1 Å². The van der Waals surface area contributed by atoms with Gasteiger partial charge in [0.2, 0.25) is 0 Å². The lowest BCUT2D eigenvalue weighted by atomic mass is 9.67. The molecule has 124 valence electrons. The van der Waals surface area contributed by atoms with Gasteiger partial charge in [0.15, 0.2) is 0 Å². The summed E-state index contributed by atoms with van der Waals surface area (Å²) in [4.78, 5) is 8.45. The molecule has 3 heterocycles. The van der Waals surface area contributed by atoms with E-state index in [0.717, 1.165) is 13.1 Å². The number of nitrogens with zero attached hydrogens (tertiary/aromatic N) is 5. The van der Waals surface area contributed by atoms with Crippen molar-refractivity contribution in [3.63, 3.8) is 0 Å². The van der Waals surface area contributed by atoms with Crippen molar-refractivity contribution in [1.82, 2.24) is 24.6 Å². The molecule has 0 radical (unpaired) electrons. The van der Waals surface area contributed by atoms with E-state index in [4.69, 9.17) is 0 Å². The van der Waals surface area contributed by atoms with Crippen molar-refractivity contribution in [3.05, 3.63) is 28.2 Å². The second-order valence-corrected chi connectivity index (χ2v) is 8.25. The minimum atomic E-state index is 0.400. The summed E-state index contributed by atoms with van der Waals surface area (Å²) in [5.41, 5.74) is 3.56. The average Bonchev–Trinajstić information content (AvgIpc) is 3.22. The first-order valence-corrected chi connectivity index (χ1v) is 9.51. The third-order valence-electron chi connectivity index (χ3n) is 5.84. The SMILES string of the molecule is Cc1ncsc1CN1CC(c2nncn2C)C2(CCCCC2)C1. The molecule has 6 heteroatoms. The van der Waals surface area contributed by atoms with Gasteiger partial charge in [0.05, 0.1) is 11.2 Å². The highest BCUT2D eigenvalue weighted by atomic mass is 32.1. The maximum absolute atomic E-state index is 4.47. The van der Waals surface area contributed by atoms with Crippen molar-refractivity contribution in [2.24, 2.45) is 12.5 Å². The molecular weight excluding hydrogens is 306 g/mol. The molecule has 1 atom stereocenters. The van der Waals surface area contributed by atoms with E-state index in [2.05, 4.69) is 38.6 Å². The van der Waals surface area contributed by atoms with Gasteiger partial charge < -0.3 is 4.57 Å². The van der Waals surface area contributed by atoms with Gasteiger partial charge in [0.1, 0.15) is 12.2 Å². The highest BCUT2D eigenvalue weighted by Gasteiger charge is 2.49. The second-order valence-electron chi connectivity index (χ2n) is 7.31. The molecule has 1 aliphatic carbocycles. The maximum Gasteiger partial charge on any atom is 0.137 e. The van der Waals surface area contributed by atoms with Gasteiger partial charge in [-0.15, -0.1) is 21.5 Å². The van der Waals surface area contributed by atoms with E-state index >= 15 is 0 Å². The van der Waals surface area contributed by atoms with E-state index in [1.807, 2.05) is 11.8 Å². The van der Waals surface area contributed by atoms with Gasteiger partial charge in [-0.3, -0.25) is 4.90 Å². The van der Waals surface area contributed by atoms with Crippen molar-refractivity contribution in [1.29, 1.82) is 0 Å². The molecule has 2 aromatic rings. The third kappa shape index (κ3) is 2.72. The molecule has 1 saturated heterocycles. The Balaban J connectivity index is 1.61. The standard InChI is InChI=1S/C17H25N5S/c1-13-15(23-12-18-13)9-22-8-14(16-20-19-11-21(16)2)17(10-22)6-4-3-5-7-17/h11-12,14H,3-10H2,1-2H3. The molecule has 2 aromatic heterocycles. The van der Waals surface area contributed by atoms with Crippen LogP contribution < -0.4 is 0 Å². The van der Waals surface area contributed by atoms with Crippen LogP contribution in [0.5, 0.6) is 0 Å². The minimum absolute atomic E-state index is 0.400. The van der Waals surface area contributed by atoms with Crippen molar-refractivity contribution in [3.8, 4) is 0 Å². The summed E-state index contributed by atoms with van der Waals surface area (Å²) in [6, 6.07) is 0. The summed E-state index contributed by atoms with van der Waals surface area (Å²) in [6.45, 7) is 5.46. The smallest absolute Gasteiger partial charge is 0.137 e. The van der Waals surface area contributed by atoms with Crippen LogP contribution in [0.1, 0.15) is 54.4 Å². The van der Waals surface area contributed by atoms with E-state index in [1.54, 1.807) is 11.3 Å². The zero-order valence-corrected chi connectivity index (χ0v) is 14.8. The first-order chi connectivity index (χ1) is 11.2. The monoisotopic (exact) mass is 331 g/mol. The second kappa shape index (κ2) is 5.98. The molecule has 1 spiro atoms. The molecule has 0 bridgehead atoms. The molecule has 0 aromatic carbocycles. The molecular formula is C17H25N5S. The molecule has 1 unspecified atom stereocenters. The van der Waals surface area contributed by atoms with Crippen LogP contribution in [-0.2, 0) is 13.6 Å². The zero-order valence-electron chi connectivity index (χ0n) is 14.0. The highest BCUT2D eigenvalue weighted by molar-refractivity contribution is 7.09. The summed E-state index contributed by atoms with van der Waals surface area (Å²) in [5.74, 6) is 1.69. The van der Waals surface area contributed by atoms with Crippen LogP contribution in [0.4, 0.5) is 0 Å². The van der Waals surface area contributed by atoms with E-state index in [-0.39, 0.29) is 0 Å². The Labute approximate surface area is 141 Å². The number of thiazole rings is 1. The Kier molecular flexibility index (Phi) is 3.97. The van der Waals surface area contributed by atoms with Crippen molar-refractivity contribution >= 4 is 11.3 Å². The number of aryl methyl sites for hydroxylation is 2. The van der Waals surface area contributed by atoms with Crippen molar-refractivity contribution < 1.29 is 0 Å². The van der Waals surface area contributed by atoms with Crippen LogP contribution in [0.25, 0.3) is 0 Å². The van der Waals surface area contributed by atoms with Gasteiger partial charge in [-0.05, 0) is 25.2 Å². The molecule has 1 aliphatic heterocycles. The van der Waals surface area contributed by atoms with E-state index in [1.165, 1.54) is 55.0 Å². The normalized spacial score (nSPS) is 24.5. The Hall–Kier alpha value is -1.27. The molecule has 1 saturated carbocycles. The van der Waals surface area contributed by atoms with Gasteiger partial charge in [0, 0.05) is 37.5 Å². The van der Waals surface area contributed by atoms with Gasteiger partial charge in [-0.1, -0.05) is 19.3 Å². The van der Waals surface area contributed by atoms with Gasteiger partial charge in [-0.25, -0.2) is 4.98 Å². The molecule has 2 fully saturated rings. The van der Waals surface area contributed by atoms with E-state index in [9.17, 15) is 0 Å². The Morgan fingerprint density at radius 1 is 1.30 bits per heavy atom. The quantitative estimate of drug-likeness (QED) is 0.867. The van der Waals surface area contributed by atoms with Crippen LogP contribution in [0.15, 0.2) is 11.8 Å². The molecule has 23 heavy (non-hydrogen) atoms. The lowest BCUT2D eigenvalue weighted by molar-refractivity contribution is 0.164. The van der Waals surface area contributed by atoms with Gasteiger partial charge >= 0.3 is 0 Å². The molecule has 0 amide bonds. The van der Waals surface area contributed by atoms with Gasteiger partial charge in [0.25, 0.3) is 0 Å². The number of rotatable bonds is 3. The summed E-state index contributed by atoms with van der Waals surface area (Å²) in [7, 11) is 2.09. The minimum Gasteiger partial charge on any atom is -0.320 e. The highest BCUT2D eigenvalue weighted by Crippen LogP contribution is 2.51. The van der Waals surface area contributed by atoms with Crippen LogP contribution in [-0.4, -0.2) is 37.7 Å². The average molecular weight is 331 g/mol. The predicted molar refractivity (Wildman–Crippen MR) is 91.4 cm³/mol. The summed E-state index contributed by atoms with van der Waals surface area (Å²) >= 11 is 1.79.